The first-order chi connectivity index (χ1) is 18.9. The Morgan fingerprint density at radius 3 is 1.97 bits per heavy atom. The van der Waals surface area contributed by atoms with Gasteiger partial charge in [-0.2, -0.15) is 5.10 Å². The van der Waals surface area contributed by atoms with Crippen molar-refractivity contribution < 1.29 is 9.59 Å². The molecule has 0 N–H and O–H groups in total. The van der Waals surface area contributed by atoms with E-state index in [1.165, 1.54) is 23.5 Å². The van der Waals surface area contributed by atoms with Crippen molar-refractivity contribution >= 4 is 57.7 Å². The Hall–Kier alpha value is -4.07. The van der Waals surface area contributed by atoms with Crippen molar-refractivity contribution in [2.24, 2.45) is 5.10 Å². The summed E-state index contributed by atoms with van der Waals surface area (Å²) in [6.45, 7) is 4.06. The summed E-state index contributed by atoms with van der Waals surface area (Å²) < 4.78 is -1.07. The first-order valence-corrected chi connectivity index (χ1v) is 14.2. The Morgan fingerprint density at radius 2 is 1.33 bits per heavy atom. The predicted octanol–water partition coefficient (Wildman–Crippen LogP) is 7.49. The highest BCUT2D eigenvalue weighted by atomic mass is 32.2. The number of nitrogens with zero attached hydrogens (tertiary/aromatic N) is 3. The molecule has 1 spiro atoms. The zero-order valence-electron chi connectivity index (χ0n) is 21.4. The highest BCUT2D eigenvalue weighted by Gasteiger charge is 2.60. The molecule has 4 aromatic carbocycles. The van der Waals surface area contributed by atoms with Gasteiger partial charge in [-0.05, 0) is 61.5 Å². The average Bonchev–Trinajstić information content (AvgIpc) is 3.47. The lowest BCUT2D eigenvalue weighted by atomic mass is 10.1. The molecule has 0 bridgehead atoms. The van der Waals surface area contributed by atoms with Crippen LogP contribution in [0.5, 0.6) is 0 Å². The Labute approximate surface area is 236 Å². The number of carbonyl (C=O) groups is 2. The second-order valence-electron chi connectivity index (χ2n) is 9.40. The number of thioether (sulfide) groups is 2. The molecule has 2 aliphatic heterocycles. The zero-order valence-corrected chi connectivity index (χ0v) is 23.1. The molecule has 0 saturated carbocycles. The summed E-state index contributed by atoms with van der Waals surface area (Å²) in [5.74, 6) is -0.313. The Balaban J connectivity index is 1.51. The summed E-state index contributed by atoms with van der Waals surface area (Å²) in [7, 11) is 0. The van der Waals surface area contributed by atoms with Gasteiger partial charge in [0, 0.05) is 11.3 Å². The number of amides is 1. The van der Waals surface area contributed by atoms with Crippen molar-refractivity contribution in [3.63, 3.8) is 0 Å². The van der Waals surface area contributed by atoms with Gasteiger partial charge in [0.15, 0.2) is 5.04 Å². The minimum absolute atomic E-state index is 0.139. The van der Waals surface area contributed by atoms with E-state index < -0.39 is 4.33 Å². The van der Waals surface area contributed by atoms with Gasteiger partial charge in [-0.1, -0.05) is 108 Å². The third-order valence-corrected chi connectivity index (χ3v) is 9.24. The maximum absolute atomic E-state index is 14.2. The van der Waals surface area contributed by atoms with E-state index in [4.69, 9.17) is 5.10 Å². The maximum Gasteiger partial charge on any atom is 0.268 e. The van der Waals surface area contributed by atoms with E-state index in [1.54, 1.807) is 17.0 Å². The predicted molar refractivity (Wildman–Crippen MR) is 163 cm³/mol. The Kier molecular flexibility index (Phi) is 6.62. The molecule has 39 heavy (non-hydrogen) atoms. The monoisotopic (exact) mass is 547 g/mol. The summed E-state index contributed by atoms with van der Waals surface area (Å²) in [4.78, 5) is 30.2. The molecule has 1 amide bonds. The van der Waals surface area contributed by atoms with Gasteiger partial charge < -0.3 is 0 Å². The smallest absolute Gasteiger partial charge is 0.268 e. The number of carbonyl (C=O) groups excluding carboxylic acids is 2. The lowest BCUT2D eigenvalue weighted by Crippen LogP contribution is -2.51. The molecule has 2 aliphatic rings. The largest absolute Gasteiger partial charge is 0.286 e. The van der Waals surface area contributed by atoms with Crippen LogP contribution in [-0.4, -0.2) is 21.1 Å². The number of anilines is 2. The van der Waals surface area contributed by atoms with E-state index in [-0.39, 0.29) is 11.7 Å². The Bertz CT molecular complexity index is 1600. The number of aryl methyl sites for hydroxylation is 2. The zero-order chi connectivity index (χ0) is 27.0. The van der Waals surface area contributed by atoms with Gasteiger partial charge in [-0.15, -0.1) is 0 Å². The van der Waals surface area contributed by atoms with Gasteiger partial charge in [0.25, 0.3) is 5.91 Å². The van der Waals surface area contributed by atoms with Gasteiger partial charge in [-0.25, -0.2) is 5.01 Å². The highest BCUT2D eigenvalue weighted by molar-refractivity contribution is 8.29. The molecule has 7 heteroatoms. The standard InChI is InChI=1S/C32H25N3O2S2/c1-22-13-17-24(18-14-22)21-28-31(37)34(26-11-7-4-8-12-26)32(38-28)35(27-19-15-23(2)16-20-27)33-30(39-32)29(36)25-9-5-3-6-10-25/h3-21H,1-2H3/b28-21-. The lowest BCUT2D eigenvalue weighted by Gasteiger charge is -2.38. The normalized spacial score (nSPS) is 19.7. The molecule has 5 nitrogen and oxygen atoms in total. The first-order valence-electron chi connectivity index (χ1n) is 12.6. The second-order valence-corrected chi connectivity index (χ2v) is 12.0. The van der Waals surface area contributed by atoms with Crippen LogP contribution in [0.15, 0.2) is 119 Å². The molecular weight excluding hydrogens is 523 g/mol. The van der Waals surface area contributed by atoms with E-state index in [2.05, 4.69) is 0 Å². The number of hydrazone groups is 1. The van der Waals surface area contributed by atoms with Crippen LogP contribution in [0.25, 0.3) is 6.08 Å². The van der Waals surface area contributed by atoms with E-state index in [1.807, 2.05) is 122 Å². The van der Waals surface area contributed by atoms with Crippen LogP contribution in [0.4, 0.5) is 11.4 Å². The number of hydrogen-bond acceptors (Lipinski definition) is 6. The maximum atomic E-state index is 14.2. The molecule has 6 rings (SSSR count). The molecule has 1 unspecified atom stereocenters. The number of para-hydroxylation sites is 1. The quantitative estimate of drug-likeness (QED) is 0.191. The van der Waals surface area contributed by atoms with Crippen LogP contribution in [0.3, 0.4) is 0 Å². The summed E-state index contributed by atoms with van der Waals surface area (Å²) in [6.07, 6.45) is 1.92. The molecule has 1 atom stereocenters. The number of ketones is 1. The fourth-order valence-electron chi connectivity index (χ4n) is 4.49. The van der Waals surface area contributed by atoms with Gasteiger partial charge in [0.1, 0.15) is 0 Å². The molecule has 192 valence electrons. The number of hydrogen-bond donors (Lipinski definition) is 0. The number of rotatable bonds is 5. The van der Waals surface area contributed by atoms with E-state index in [0.717, 1.165) is 28.1 Å². The molecule has 1 saturated heterocycles. The molecule has 0 aliphatic carbocycles. The summed E-state index contributed by atoms with van der Waals surface area (Å²) >= 11 is 2.72. The number of benzene rings is 4. The topological polar surface area (TPSA) is 53.0 Å². The lowest BCUT2D eigenvalue weighted by molar-refractivity contribution is -0.114. The minimum Gasteiger partial charge on any atom is -0.286 e. The van der Waals surface area contributed by atoms with Crippen LogP contribution in [0, 0.1) is 13.8 Å². The third-order valence-electron chi connectivity index (χ3n) is 6.53. The van der Waals surface area contributed by atoms with E-state index in [0.29, 0.717) is 15.5 Å². The second kappa shape index (κ2) is 10.2. The van der Waals surface area contributed by atoms with Crippen molar-refractivity contribution in [3.05, 3.63) is 136 Å². The fourth-order valence-corrected chi connectivity index (χ4v) is 7.44. The molecule has 0 aromatic heterocycles. The SMILES string of the molecule is Cc1ccc(/C=C2\SC3(SC(C(=O)c4ccccc4)=NN3c3ccc(C)cc3)N(c3ccccc3)C2=O)cc1. The van der Waals surface area contributed by atoms with Crippen LogP contribution in [0.1, 0.15) is 27.0 Å². The van der Waals surface area contributed by atoms with Crippen LogP contribution >= 0.6 is 23.5 Å². The Morgan fingerprint density at radius 1 is 0.744 bits per heavy atom. The third kappa shape index (κ3) is 4.68. The fraction of sp³-hybridized carbons (Fsp3) is 0.0938. The van der Waals surface area contributed by atoms with E-state index in [9.17, 15) is 9.59 Å². The number of Topliss-reactive ketones (excluding diaryl/α,β-unsaturated/α-hetero) is 1. The summed E-state index contributed by atoms with van der Waals surface area (Å²) in [5.41, 5.74) is 5.28. The van der Waals surface area contributed by atoms with Crippen molar-refractivity contribution in [1.29, 1.82) is 0 Å². The van der Waals surface area contributed by atoms with Gasteiger partial charge in [0.05, 0.1) is 10.6 Å². The average molecular weight is 548 g/mol. The van der Waals surface area contributed by atoms with Crippen molar-refractivity contribution in [3.8, 4) is 0 Å². The molecule has 2 heterocycles. The molecule has 1 fully saturated rings. The molecular formula is C32H25N3O2S2. The van der Waals surface area contributed by atoms with Gasteiger partial charge >= 0.3 is 0 Å². The van der Waals surface area contributed by atoms with Crippen LogP contribution in [0.2, 0.25) is 0 Å². The minimum atomic E-state index is -1.07. The molecule has 0 radical (unpaired) electrons. The van der Waals surface area contributed by atoms with Crippen LogP contribution in [-0.2, 0) is 4.79 Å². The first kappa shape index (κ1) is 25.2. The summed E-state index contributed by atoms with van der Waals surface area (Å²) in [5, 5.41) is 7.04. The molecule has 4 aromatic rings. The van der Waals surface area contributed by atoms with Gasteiger partial charge in [0.2, 0.25) is 10.1 Å². The van der Waals surface area contributed by atoms with Gasteiger partial charge in [-0.3, -0.25) is 14.5 Å². The van der Waals surface area contributed by atoms with Crippen molar-refractivity contribution in [1.82, 2.24) is 0 Å². The van der Waals surface area contributed by atoms with E-state index >= 15 is 0 Å². The van der Waals surface area contributed by atoms with Crippen molar-refractivity contribution in [2.75, 3.05) is 9.91 Å². The summed E-state index contributed by atoms with van der Waals surface area (Å²) in [6, 6.07) is 34.8. The highest BCUT2D eigenvalue weighted by Crippen LogP contribution is 2.59. The van der Waals surface area contributed by atoms with Crippen molar-refractivity contribution in [2.45, 2.75) is 18.2 Å². The van der Waals surface area contributed by atoms with Crippen LogP contribution < -0.4 is 9.91 Å².